The summed E-state index contributed by atoms with van der Waals surface area (Å²) in [6, 6.07) is 6.09. The van der Waals surface area contributed by atoms with Crippen LogP contribution in [-0.4, -0.2) is 12.3 Å². The molecule has 1 aromatic rings. The summed E-state index contributed by atoms with van der Waals surface area (Å²) >= 11 is 0. The molecule has 2 rings (SSSR count). The van der Waals surface area contributed by atoms with Crippen molar-refractivity contribution in [3.63, 3.8) is 0 Å². The van der Waals surface area contributed by atoms with Gasteiger partial charge in [0.2, 0.25) is 0 Å². The molecule has 0 bridgehead atoms. The molecule has 0 unspecified atom stereocenters. The number of anilines is 1. The van der Waals surface area contributed by atoms with Crippen LogP contribution in [-0.2, 0) is 6.42 Å². The van der Waals surface area contributed by atoms with Crippen molar-refractivity contribution >= 4 is 11.5 Å². The molecular formula is C17H25NO. The summed E-state index contributed by atoms with van der Waals surface area (Å²) in [5.74, 6) is 0.331. The maximum atomic E-state index is 12.3. The molecule has 1 aliphatic rings. The van der Waals surface area contributed by atoms with E-state index in [2.05, 4.69) is 18.3 Å². The van der Waals surface area contributed by atoms with Crippen LogP contribution in [0.1, 0.15) is 67.8 Å². The largest absolute Gasteiger partial charge is 0.385 e. The first-order chi connectivity index (χ1) is 9.33. The first-order valence-corrected chi connectivity index (χ1v) is 7.72. The average Bonchev–Trinajstić information content (AvgIpc) is 2.46. The topological polar surface area (TPSA) is 29.1 Å². The van der Waals surface area contributed by atoms with Gasteiger partial charge >= 0.3 is 0 Å². The highest BCUT2D eigenvalue weighted by Gasteiger charge is 2.16. The lowest BCUT2D eigenvalue weighted by Gasteiger charge is -2.20. The van der Waals surface area contributed by atoms with Gasteiger partial charge in [-0.05, 0) is 30.9 Å². The van der Waals surface area contributed by atoms with Gasteiger partial charge in [-0.1, -0.05) is 44.7 Å². The lowest BCUT2D eigenvalue weighted by atomic mass is 9.93. The molecule has 0 saturated heterocycles. The van der Waals surface area contributed by atoms with E-state index in [1.54, 1.807) is 0 Å². The molecule has 1 N–H and O–H groups in total. The van der Waals surface area contributed by atoms with Crippen molar-refractivity contribution < 1.29 is 4.79 Å². The fourth-order valence-corrected chi connectivity index (χ4v) is 2.80. The van der Waals surface area contributed by atoms with Gasteiger partial charge in [-0.3, -0.25) is 4.79 Å². The van der Waals surface area contributed by atoms with Gasteiger partial charge < -0.3 is 5.32 Å². The number of carbonyl (C=O) groups is 1. The SMILES string of the molecule is CCCCCCCC(=O)c1cccc2c1CCCN2. The zero-order valence-electron chi connectivity index (χ0n) is 12.0. The predicted molar refractivity (Wildman–Crippen MR) is 81.0 cm³/mol. The predicted octanol–water partition coefficient (Wildman–Crippen LogP) is 4.59. The van der Waals surface area contributed by atoms with Crippen LogP contribution in [0.2, 0.25) is 0 Å². The summed E-state index contributed by atoms with van der Waals surface area (Å²) in [5.41, 5.74) is 3.37. The smallest absolute Gasteiger partial charge is 0.163 e. The van der Waals surface area contributed by atoms with Gasteiger partial charge in [0, 0.05) is 24.2 Å². The van der Waals surface area contributed by atoms with Gasteiger partial charge in [0.1, 0.15) is 0 Å². The van der Waals surface area contributed by atoms with Gasteiger partial charge in [0.05, 0.1) is 0 Å². The van der Waals surface area contributed by atoms with E-state index in [1.807, 2.05) is 12.1 Å². The van der Waals surface area contributed by atoms with Gasteiger partial charge in [0.25, 0.3) is 0 Å². The lowest BCUT2D eigenvalue weighted by molar-refractivity contribution is 0.0978. The first-order valence-electron chi connectivity index (χ1n) is 7.72. The van der Waals surface area contributed by atoms with Crippen LogP contribution in [0.3, 0.4) is 0 Å². The third-order valence-electron chi connectivity index (χ3n) is 3.90. The normalized spacial score (nSPS) is 13.7. The Hall–Kier alpha value is -1.31. The number of fused-ring (bicyclic) bond motifs is 1. The van der Waals surface area contributed by atoms with E-state index in [1.165, 1.54) is 36.9 Å². The first kappa shape index (κ1) is 14.1. The van der Waals surface area contributed by atoms with Crippen LogP contribution >= 0.6 is 0 Å². The fourth-order valence-electron chi connectivity index (χ4n) is 2.80. The van der Waals surface area contributed by atoms with Crippen LogP contribution in [0, 0.1) is 0 Å². The van der Waals surface area contributed by atoms with Crippen LogP contribution in [0.25, 0.3) is 0 Å². The van der Waals surface area contributed by atoms with Gasteiger partial charge in [-0.25, -0.2) is 0 Å². The van der Waals surface area contributed by atoms with E-state index < -0.39 is 0 Å². The number of ketones is 1. The van der Waals surface area contributed by atoms with Crippen LogP contribution in [0.5, 0.6) is 0 Å². The monoisotopic (exact) mass is 259 g/mol. The molecule has 19 heavy (non-hydrogen) atoms. The van der Waals surface area contributed by atoms with E-state index in [-0.39, 0.29) is 0 Å². The van der Waals surface area contributed by atoms with E-state index in [4.69, 9.17) is 0 Å². The molecule has 0 fully saturated rings. The van der Waals surface area contributed by atoms with Crippen molar-refractivity contribution in [1.29, 1.82) is 0 Å². The molecule has 2 heteroatoms. The molecule has 0 aliphatic carbocycles. The zero-order chi connectivity index (χ0) is 13.5. The molecule has 0 aromatic heterocycles. The Morgan fingerprint density at radius 1 is 1.21 bits per heavy atom. The Labute approximate surface area is 116 Å². The zero-order valence-corrected chi connectivity index (χ0v) is 12.0. The Balaban J connectivity index is 1.92. The number of unbranched alkanes of at least 4 members (excludes halogenated alkanes) is 4. The summed E-state index contributed by atoms with van der Waals surface area (Å²) in [4.78, 5) is 12.3. The quantitative estimate of drug-likeness (QED) is 0.573. The molecule has 104 valence electrons. The second-order valence-corrected chi connectivity index (χ2v) is 5.45. The number of nitrogens with one attached hydrogen (secondary N) is 1. The maximum absolute atomic E-state index is 12.3. The third-order valence-corrected chi connectivity index (χ3v) is 3.90. The molecule has 0 spiro atoms. The molecule has 1 aliphatic heterocycles. The van der Waals surface area contributed by atoms with Gasteiger partial charge in [-0.15, -0.1) is 0 Å². The maximum Gasteiger partial charge on any atom is 0.163 e. The van der Waals surface area contributed by atoms with Crippen LogP contribution in [0.15, 0.2) is 18.2 Å². The molecule has 0 saturated carbocycles. The van der Waals surface area contributed by atoms with E-state index in [0.29, 0.717) is 12.2 Å². The standard InChI is InChI=1S/C17H25NO/c1-2-3-4-5-6-12-17(19)15-9-7-11-16-14(15)10-8-13-18-16/h7,9,11,18H,2-6,8,10,12-13H2,1H3. The second-order valence-electron chi connectivity index (χ2n) is 5.45. The average molecular weight is 259 g/mol. The number of carbonyl (C=O) groups excluding carboxylic acids is 1. The van der Waals surface area contributed by atoms with Crippen molar-refractivity contribution in [3.05, 3.63) is 29.3 Å². The minimum atomic E-state index is 0.331. The highest BCUT2D eigenvalue weighted by molar-refractivity contribution is 5.98. The van der Waals surface area contributed by atoms with Crippen molar-refractivity contribution in [2.75, 3.05) is 11.9 Å². The Morgan fingerprint density at radius 3 is 2.89 bits per heavy atom. The summed E-state index contributed by atoms with van der Waals surface area (Å²) in [6.07, 6.45) is 8.92. The van der Waals surface area contributed by atoms with E-state index in [9.17, 15) is 4.79 Å². The fraction of sp³-hybridized carbons (Fsp3) is 0.588. The number of hydrogen-bond acceptors (Lipinski definition) is 2. The van der Waals surface area contributed by atoms with Crippen molar-refractivity contribution in [3.8, 4) is 0 Å². The molecule has 1 heterocycles. The summed E-state index contributed by atoms with van der Waals surface area (Å²) < 4.78 is 0. The second kappa shape index (κ2) is 7.32. The molecule has 0 radical (unpaired) electrons. The number of rotatable bonds is 7. The Bertz CT molecular complexity index is 425. The summed E-state index contributed by atoms with van der Waals surface area (Å²) in [6.45, 7) is 3.25. The minimum absolute atomic E-state index is 0.331. The molecule has 0 atom stereocenters. The number of benzene rings is 1. The third kappa shape index (κ3) is 3.82. The van der Waals surface area contributed by atoms with Crippen LogP contribution < -0.4 is 5.32 Å². The Morgan fingerprint density at radius 2 is 2.05 bits per heavy atom. The highest BCUT2D eigenvalue weighted by Crippen LogP contribution is 2.26. The molecule has 0 amide bonds. The van der Waals surface area contributed by atoms with Crippen LogP contribution in [0.4, 0.5) is 5.69 Å². The van der Waals surface area contributed by atoms with Gasteiger partial charge in [-0.2, -0.15) is 0 Å². The molecular weight excluding hydrogens is 234 g/mol. The van der Waals surface area contributed by atoms with Crippen molar-refractivity contribution in [2.24, 2.45) is 0 Å². The summed E-state index contributed by atoms with van der Waals surface area (Å²) in [5, 5.41) is 3.39. The number of Topliss-reactive ketones (excluding diaryl/α,β-unsaturated/α-hetero) is 1. The van der Waals surface area contributed by atoms with E-state index >= 15 is 0 Å². The minimum Gasteiger partial charge on any atom is -0.385 e. The van der Waals surface area contributed by atoms with Gasteiger partial charge in [0.15, 0.2) is 5.78 Å². The number of hydrogen-bond donors (Lipinski definition) is 1. The Kier molecular flexibility index (Phi) is 5.44. The highest BCUT2D eigenvalue weighted by atomic mass is 16.1. The lowest BCUT2D eigenvalue weighted by Crippen LogP contribution is -2.15. The van der Waals surface area contributed by atoms with E-state index in [0.717, 1.165) is 31.4 Å². The molecule has 2 nitrogen and oxygen atoms in total. The molecule has 1 aromatic carbocycles. The summed E-state index contributed by atoms with van der Waals surface area (Å²) in [7, 11) is 0. The van der Waals surface area contributed by atoms with Crippen molar-refractivity contribution in [2.45, 2.75) is 58.3 Å². The van der Waals surface area contributed by atoms with Crippen molar-refractivity contribution in [1.82, 2.24) is 0 Å².